The first-order valence-corrected chi connectivity index (χ1v) is 4.70. The molecule has 72 valence electrons. The average Bonchev–Trinajstić information content (AvgIpc) is 1.94. The molecule has 2 heteroatoms. The van der Waals surface area contributed by atoms with Gasteiger partial charge in [-0.25, -0.2) is 0 Å². The van der Waals surface area contributed by atoms with Crippen LogP contribution >= 0.6 is 11.6 Å². The Balaban J connectivity index is 3.37. The number of phenols is 1. The van der Waals surface area contributed by atoms with Gasteiger partial charge in [0, 0.05) is 10.6 Å². The number of hydrogen-bond acceptors (Lipinski definition) is 1. The number of halogens is 1. The molecule has 0 aromatic heterocycles. The zero-order valence-corrected chi connectivity index (χ0v) is 9.24. The lowest BCUT2D eigenvalue weighted by Gasteiger charge is -2.21. The molecule has 0 unspecified atom stereocenters. The number of benzene rings is 1. The van der Waals surface area contributed by atoms with Crippen molar-refractivity contribution in [2.75, 3.05) is 0 Å². The van der Waals surface area contributed by atoms with Crippen LogP contribution in [-0.2, 0) is 5.41 Å². The number of rotatable bonds is 0. The quantitative estimate of drug-likeness (QED) is 0.675. The molecule has 0 bridgehead atoms. The predicted molar refractivity (Wildman–Crippen MR) is 56.6 cm³/mol. The van der Waals surface area contributed by atoms with Gasteiger partial charge in [0.1, 0.15) is 5.75 Å². The molecular formula is C11H15ClO. The molecule has 13 heavy (non-hydrogen) atoms. The fourth-order valence-corrected chi connectivity index (χ4v) is 1.58. The van der Waals surface area contributed by atoms with E-state index < -0.39 is 0 Å². The molecule has 0 amide bonds. The summed E-state index contributed by atoms with van der Waals surface area (Å²) in [5.41, 5.74) is 1.66. The minimum absolute atomic E-state index is 0.0697. The van der Waals surface area contributed by atoms with Crippen LogP contribution in [0.3, 0.4) is 0 Å². The summed E-state index contributed by atoms with van der Waals surface area (Å²) in [6, 6.07) is 3.59. The van der Waals surface area contributed by atoms with Crippen LogP contribution in [-0.4, -0.2) is 5.11 Å². The Hall–Kier alpha value is -0.690. The van der Waals surface area contributed by atoms with Gasteiger partial charge in [-0.2, -0.15) is 0 Å². The molecule has 1 rings (SSSR count). The lowest BCUT2D eigenvalue weighted by Crippen LogP contribution is -2.11. The minimum Gasteiger partial charge on any atom is -0.507 e. The third-order valence-corrected chi connectivity index (χ3v) is 2.29. The highest BCUT2D eigenvalue weighted by atomic mass is 35.5. The molecule has 0 aliphatic heterocycles. The average molecular weight is 199 g/mol. The molecule has 0 heterocycles. The second kappa shape index (κ2) is 3.22. The maximum Gasteiger partial charge on any atom is 0.122 e. The molecule has 0 spiro atoms. The van der Waals surface area contributed by atoms with Crippen LogP contribution in [0.2, 0.25) is 5.02 Å². The summed E-state index contributed by atoms with van der Waals surface area (Å²) in [6.45, 7) is 8.02. The molecular weight excluding hydrogens is 184 g/mol. The second-order valence-corrected chi connectivity index (χ2v) is 4.81. The van der Waals surface area contributed by atoms with Crippen LogP contribution in [0.25, 0.3) is 0 Å². The second-order valence-electron chi connectivity index (χ2n) is 4.37. The van der Waals surface area contributed by atoms with Crippen LogP contribution in [0.15, 0.2) is 12.1 Å². The van der Waals surface area contributed by atoms with Crippen LogP contribution in [0, 0.1) is 6.92 Å². The largest absolute Gasteiger partial charge is 0.507 e. The van der Waals surface area contributed by atoms with E-state index in [1.165, 1.54) is 0 Å². The Morgan fingerprint density at radius 1 is 1.23 bits per heavy atom. The van der Waals surface area contributed by atoms with Gasteiger partial charge in [-0.05, 0) is 30.0 Å². The lowest BCUT2D eigenvalue weighted by atomic mass is 9.85. The summed E-state index contributed by atoms with van der Waals surface area (Å²) >= 11 is 5.92. The number of aryl methyl sites for hydroxylation is 1. The van der Waals surface area contributed by atoms with Gasteiger partial charge < -0.3 is 5.11 Å². The van der Waals surface area contributed by atoms with E-state index in [-0.39, 0.29) is 5.41 Å². The van der Waals surface area contributed by atoms with Crippen molar-refractivity contribution in [2.24, 2.45) is 0 Å². The summed E-state index contributed by atoms with van der Waals surface area (Å²) in [5.74, 6) is 0.358. The predicted octanol–water partition coefficient (Wildman–Crippen LogP) is 3.65. The van der Waals surface area contributed by atoms with Gasteiger partial charge in [-0.3, -0.25) is 0 Å². The first-order valence-electron chi connectivity index (χ1n) is 4.32. The first kappa shape index (κ1) is 10.4. The zero-order chi connectivity index (χ0) is 10.2. The highest BCUT2D eigenvalue weighted by Crippen LogP contribution is 2.35. The van der Waals surface area contributed by atoms with Crippen LogP contribution in [0.5, 0.6) is 5.75 Å². The third-order valence-electron chi connectivity index (χ3n) is 2.07. The maximum atomic E-state index is 9.80. The Morgan fingerprint density at radius 3 is 2.23 bits per heavy atom. The van der Waals surface area contributed by atoms with Crippen molar-refractivity contribution in [3.63, 3.8) is 0 Å². The summed E-state index contributed by atoms with van der Waals surface area (Å²) in [4.78, 5) is 0. The Morgan fingerprint density at radius 2 is 1.77 bits per heavy atom. The van der Waals surface area contributed by atoms with Crippen molar-refractivity contribution in [1.29, 1.82) is 0 Å². The van der Waals surface area contributed by atoms with Crippen molar-refractivity contribution in [2.45, 2.75) is 33.1 Å². The first-order chi connectivity index (χ1) is 5.82. The summed E-state index contributed by atoms with van der Waals surface area (Å²) in [7, 11) is 0. The van der Waals surface area contributed by atoms with Crippen LogP contribution < -0.4 is 0 Å². The standard InChI is InChI=1S/C11H15ClO/c1-7-5-8(12)6-9(10(7)13)11(2,3)4/h5-6,13H,1-4H3. The third kappa shape index (κ3) is 2.16. The number of aromatic hydroxyl groups is 1. The summed E-state index contributed by atoms with van der Waals surface area (Å²) in [6.07, 6.45) is 0. The zero-order valence-electron chi connectivity index (χ0n) is 8.48. The molecule has 1 aromatic rings. The van der Waals surface area contributed by atoms with E-state index in [4.69, 9.17) is 11.6 Å². The monoisotopic (exact) mass is 198 g/mol. The van der Waals surface area contributed by atoms with Crippen LogP contribution in [0.4, 0.5) is 0 Å². The molecule has 0 aliphatic rings. The molecule has 1 N–H and O–H groups in total. The minimum atomic E-state index is -0.0697. The fourth-order valence-electron chi connectivity index (χ4n) is 1.31. The van der Waals surface area contributed by atoms with Crippen molar-refractivity contribution >= 4 is 11.6 Å². The van der Waals surface area contributed by atoms with Crippen molar-refractivity contribution in [3.8, 4) is 5.75 Å². The highest BCUT2D eigenvalue weighted by molar-refractivity contribution is 6.30. The molecule has 0 aliphatic carbocycles. The maximum absolute atomic E-state index is 9.80. The SMILES string of the molecule is Cc1cc(Cl)cc(C(C)(C)C)c1O. The van der Waals surface area contributed by atoms with Gasteiger partial charge in [-0.1, -0.05) is 32.4 Å². The van der Waals surface area contributed by atoms with Crippen molar-refractivity contribution < 1.29 is 5.11 Å². The summed E-state index contributed by atoms with van der Waals surface area (Å²) < 4.78 is 0. The van der Waals surface area contributed by atoms with E-state index in [1.807, 2.05) is 13.0 Å². The Kier molecular flexibility index (Phi) is 2.58. The van der Waals surface area contributed by atoms with Gasteiger partial charge in [0.05, 0.1) is 0 Å². The van der Waals surface area contributed by atoms with E-state index in [1.54, 1.807) is 6.07 Å². The van der Waals surface area contributed by atoms with Gasteiger partial charge in [0.15, 0.2) is 0 Å². The molecule has 1 aromatic carbocycles. The van der Waals surface area contributed by atoms with Crippen molar-refractivity contribution in [1.82, 2.24) is 0 Å². The van der Waals surface area contributed by atoms with Crippen molar-refractivity contribution in [3.05, 3.63) is 28.3 Å². The van der Waals surface area contributed by atoms with Gasteiger partial charge in [0.2, 0.25) is 0 Å². The van der Waals surface area contributed by atoms with Gasteiger partial charge in [-0.15, -0.1) is 0 Å². The molecule has 0 saturated carbocycles. The molecule has 1 nitrogen and oxygen atoms in total. The van der Waals surface area contributed by atoms with E-state index in [0.717, 1.165) is 11.1 Å². The normalized spacial score (nSPS) is 11.8. The smallest absolute Gasteiger partial charge is 0.122 e. The Bertz CT molecular complexity index is 324. The van der Waals surface area contributed by atoms with E-state index >= 15 is 0 Å². The van der Waals surface area contributed by atoms with E-state index in [0.29, 0.717) is 10.8 Å². The topological polar surface area (TPSA) is 20.2 Å². The number of phenolic OH excluding ortho intramolecular Hbond substituents is 1. The fraction of sp³-hybridized carbons (Fsp3) is 0.455. The van der Waals surface area contributed by atoms with Gasteiger partial charge in [0.25, 0.3) is 0 Å². The summed E-state index contributed by atoms with van der Waals surface area (Å²) in [5, 5.41) is 10.5. The molecule has 0 atom stereocenters. The van der Waals surface area contributed by atoms with Gasteiger partial charge >= 0.3 is 0 Å². The van der Waals surface area contributed by atoms with E-state index in [2.05, 4.69) is 20.8 Å². The molecule has 0 fully saturated rings. The van der Waals surface area contributed by atoms with E-state index in [9.17, 15) is 5.11 Å². The highest BCUT2D eigenvalue weighted by Gasteiger charge is 2.19. The number of hydrogen-bond donors (Lipinski definition) is 1. The molecule has 0 saturated heterocycles. The molecule has 0 radical (unpaired) electrons. The lowest BCUT2D eigenvalue weighted by molar-refractivity contribution is 0.443. The Labute approximate surface area is 84.4 Å². The van der Waals surface area contributed by atoms with Crippen LogP contribution in [0.1, 0.15) is 31.9 Å².